The fraction of sp³-hybridized carbons (Fsp3) is 0.143. The number of H-pyrrole nitrogens is 2. The van der Waals surface area contributed by atoms with Crippen LogP contribution >= 0.6 is 0 Å². The fourth-order valence-electron chi connectivity index (χ4n) is 3.44. The Bertz CT molecular complexity index is 1470. The van der Waals surface area contributed by atoms with E-state index in [4.69, 9.17) is 5.73 Å². The minimum atomic E-state index is -3.61. The highest BCUT2D eigenvalue weighted by Gasteiger charge is 2.23. The Balaban J connectivity index is 2.02. The van der Waals surface area contributed by atoms with E-state index in [1.807, 2.05) is 6.92 Å². The summed E-state index contributed by atoms with van der Waals surface area (Å²) in [6, 6.07) is 10.7. The smallest absolute Gasteiger partial charge is 0.262 e. The normalized spacial score (nSPS) is 12.0. The molecule has 0 radical (unpaired) electrons. The maximum absolute atomic E-state index is 14.8. The van der Waals surface area contributed by atoms with Crippen LogP contribution in [-0.4, -0.2) is 41.8 Å². The van der Waals surface area contributed by atoms with Crippen molar-refractivity contribution in [1.82, 2.24) is 19.3 Å². The van der Waals surface area contributed by atoms with Gasteiger partial charge in [0.1, 0.15) is 11.5 Å². The second-order valence-electron chi connectivity index (χ2n) is 7.34. The average Bonchev–Trinajstić information content (AvgIpc) is 3.09. The van der Waals surface area contributed by atoms with Crippen molar-refractivity contribution >= 4 is 27.0 Å². The maximum Gasteiger partial charge on any atom is 0.262 e. The van der Waals surface area contributed by atoms with E-state index in [9.17, 15) is 17.6 Å². The largest absolute Gasteiger partial charge is 0.369 e. The van der Waals surface area contributed by atoms with Crippen molar-refractivity contribution in [2.45, 2.75) is 11.8 Å². The van der Waals surface area contributed by atoms with Crippen LogP contribution in [0.1, 0.15) is 5.56 Å². The van der Waals surface area contributed by atoms with Gasteiger partial charge in [-0.25, -0.2) is 17.1 Å². The van der Waals surface area contributed by atoms with Crippen LogP contribution in [0.4, 0.5) is 10.3 Å². The van der Waals surface area contributed by atoms with Crippen LogP contribution in [0.25, 0.3) is 33.4 Å². The molecule has 0 amide bonds. The highest BCUT2D eigenvalue weighted by atomic mass is 32.2. The Morgan fingerprint density at radius 2 is 1.74 bits per heavy atom. The summed E-state index contributed by atoms with van der Waals surface area (Å²) in [5, 5.41) is 0.165. The molecule has 0 bridgehead atoms. The van der Waals surface area contributed by atoms with Crippen molar-refractivity contribution in [2.75, 3.05) is 19.8 Å². The van der Waals surface area contributed by atoms with Crippen LogP contribution in [0.5, 0.6) is 0 Å². The molecular formula is C21H20FN5O3S. The summed E-state index contributed by atoms with van der Waals surface area (Å²) in [6.07, 6.45) is 0. The molecule has 4 N–H and O–H groups in total. The zero-order valence-corrected chi connectivity index (χ0v) is 17.8. The van der Waals surface area contributed by atoms with Crippen LogP contribution < -0.4 is 11.3 Å². The first-order valence-corrected chi connectivity index (χ1v) is 10.7. The summed E-state index contributed by atoms with van der Waals surface area (Å²) in [7, 11) is -0.716. The third kappa shape index (κ3) is 3.49. The lowest BCUT2D eigenvalue weighted by molar-refractivity contribution is 0.521. The van der Waals surface area contributed by atoms with Crippen molar-refractivity contribution in [2.24, 2.45) is 0 Å². The monoisotopic (exact) mass is 441 g/mol. The molecule has 160 valence electrons. The number of anilines is 1. The van der Waals surface area contributed by atoms with E-state index in [1.54, 1.807) is 24.3 Å². The lowest BCUT2D eigenvalue weighted by Crippen LogP contribution is -2.22. The van der Waals surface area contributed by atoms with E-state index in [0.717, 1.165) is 9.87 Å². The summed E-state index contributed by atoms with van der Waals surface area (Å²) in [5.41, 5.74) is 7.73. The SMILES string of the molecule is Cc1ccc(F)c(-c2c(-c3ccc(S(=O)(=O)N(C)C)cc3)[nH]c3nc(N)[nH]c(=O)c23)c1. The van der Waals surface area contributed by atoms with Gasteiger partial charge in [-0.2, -0.15) is 4.98 Å². The van der Waals surface area contributed by atoms with Crippen molar-refractivity contribution in [1.29, 1.82) is 0 Å². The lowest BCUT2D eigenvalue weighted by atomic mass is 9.97. The number of halogens is 1. The number of aromatic amines is 2. The van der Waals surface area contributed by atoms with Gasteiger partial charge in [-0.05, 0) is 36.8 Å². The zero-order chi connectivity index (χ0) is 22.5. The molecule has 0 aliphatic carbocycles. The van der Waals surface area contributed by atoms with E-state index in [2.05, 4.69) is 15.0 Å². The van der Waals surface area contributed by atoms with Gasteiger partial charge in [-0.1, -0.05) is 23.8 Å². The standard InChI is InChI=1S/C21H20FN5O3S/c1-11-4-9-15(22)14(10-11)16-17-19(25-21(23)26-20(17)28)24-18(16)12-5-7-13(8-6-12)31(29,30)27(2)3/h4-10H,1-3H3,(H4,23,24,25,26,28). The summed E-state index contributed by atoms with van der Waals surface area (Å²) in [6.45, 7) is 1.82. The van der Waals surface area contributed by atoms with Crippen molar-refractivity contribution in [3.8, 4) is 22.4 Å². The number of hydrogen-bond acceptors (Lipinski definition) is 5. The number of nitrogen functional groups attached to an aromatic ring is 1. The Hall–Kier alpha value is -3.50. The van der Waals surface area contributed by atoms with Gasteiger partial charge in [-0.15, -0.1) is 0 Å². The number of nitrogens with zero attached hydrogens (tertiary/aromatic N) is 2. The van der Waals surface area contributed by atoms with Gasteiger partial charge in [0.2, 0.25) is 16.0 Å². The first kappa shape index (κ1) is 20.8. The predicted molar refractivity (Wildman–Crippen MR) is 118 cm³/mol. The predicted octanol–water partition coefficient (Wildman–Crippen LogP) is 2.87. The molecule has 8 nitrogen and oxygen atoms in total. The highest BCUT2D eigenvalue weighted by Crippen LogP contribution is 2.38. The van der Waals surface area contributed by atoms with Crippen LogP contribution in [0, 0.1) is 12.7 Å². The topological polar surface area (TPSA) is 125 Å². The lowest BCUT2D eigenvalue weighted by Gasteiger charge is -2.12. The third-order valence-corrected chi connectivity index (χ3v) is 6.82. The number of sulfonamides is 1. The number of nitrogens with two attached hydrogens (primary N) is 1. The second kappa shape index (κ2) is 7.33. The van der Waals surface area contributed by atoms with E-state index in [1.165, 1.54) is 32.3 Å². The molecule has 0 spiro atoms. The number of fused-ring (bicyclic) bond motifs is 1. The van der Waals surface area contributed by atoms with E-state index in [-0.39, 0.29) is 27.4 Å². The highest BCUT2D eigenvalue weighted by molar-refractivity contribution is 7.89. The molecule has 0 saturated heterocycles. The summed E-state index contributed by atoms with van der Waals surface area (Å²) in [4.78, 5) is 22.4. The number of hydrogen-bond donors (Lipinski definition) is 3. The first-order chi connectivity index (χ1) is 14.6. The Labute approximate surface area is 177 Å². The van der Waals surface area contributed by atoms with Gasteiger partial charge < -0.3 is 10.7 Å². The summed E-state index contributed by atoms with van der Waals surface area (Å²) < 4.78 is 40.7. The van der Waals surface area contributed by atoms with Crippen molar-refractivity contribution in [3.05, 3.63) is 64.2 Å². The quantitative estimate of drug-likeness (QED) is 0.449. The molecule has 2 aromatic heterocycles. The summed E-state index contributed by atoms with van der Waals surface area (Å²) in [5.74, 6) is -0.579. The van der Waals surface area contributed by atoms with Crippen LogP contribution in [0.3, 0.4) is 0 Å². The van der Waals surface area contributed by atoms with Crippen LogP contribution in [0.2, 0.25) is 0 Å². The zero-order valence-electron chi connectivity index (χ0n) is 17.0. The number of nitrogens with one attached hydrogen (secondary N) is 2. The van der Waals surface area contributed by atoms with E-state index in [0.29, 0.717) is 16.8 Å². The molecule has 0 atom stereocenters. The molecule has 0 aliphatic heterocycles. The second-order valence-corrected chi connectivity index (χ2v) is 9.50. The van der Waals surface area contributed by atoms with Gasteiger partial charge >= 0.3 is 0 Å². The molecular weight excluding hydrogens is 421 g/mol. The Morgan fingerprint density at radius 3 is 2.39 bits per heavy atom. The van der Waals surface area contributed by atoms with Gasteiger partial charge in [0.05, 0.1) is 16.0 Å². The summed E-state index contributed by atoms with van der Waals surface area (Å²) >= 11 is 0. The molecule has 4 aromatic rings. The van der Waals surface area contributed by atoms with Crippen molar-refractivity contribution < 1.29 is 12.8 Å². The minimum absolute atomic E-state index is 0.0750. The molecule has 0 saturated carbocycles. The van der Waals surface area contributed by atoms with Gasteiger partial charge in [0.15, 0.2) is 0 Å². The molecule has 2 heterocycles. The molecule has 2 aromatic carbocycles. The molecule has 10 heteroatoms. The number of aromatic nitrogens is 3. The minimum Gasteiger partial charge on any atom is -0.369 e. The molecule has 0 unspecified atom stereocenters. The van der Waals surface area contributed by atoms with E-state index < -0.39 is 21.4 Å². The molecule has 0 fully saturated rings. The molecule has 31 heavy (non-hydrogen) atoms. The molecule has 0 aliphatic rings. The van der Waals surface area contributed by atoms with Crippen LogP contribution in [0.15, 0.2) is 52.2 Å². The van der Waals surface area contributed by atoms with Crippen LogP contribution in [-0.2, 0) is 10.0 Å². The van der Waals surface area contributed by atoms with Crippen molar-refractivity contribution in [3.63, 3.8) is 0 Å². The average molecular weight is 441 g/mol. The van der Waals surface area contributed by atoms with E-state index >= 15 is 0 Å². The molecule has 4 rings (SSSR count). The van der Waals surface area contributed by atoms with Gasteiger partial charge in [0, 0.05) is 25.2 Å². The number of aryl methyl sites for hydroxylation is 1. The Morgan fingerprint density at radius 1 is 1.06 bits per heavy atom. The van der Waals surface area contributed by atoms with Gasteiger partial charge in [-0.3, -0.25) is 9.78 Å². The first-order valence-electron chi connectivity index (χ1n) is 9.30. The number of rotatable bonds is 4. The Kier molecular flexibility index (Phi) is 4.91. The number of benzene rings is 2. The maximum atomic E-state index is 14.8. The third-order valence-electron chi connectivity index (χ3n) is 4.99. The fourth-order valence-corrected chi connectivity index (χ4v) is 4.34. The van der Waals surface area contributed by atoms with Gasteiger partial charge in [0.25, 0.3) is 5.56 Å².